The summed E-state index contributed by atoms with van der Waals surface area (Å²) in [4.78, 5) is 34.2. The number of amides is 1. The van der Waals surface area contributed by atoms with E-state index in [1.165, 1.54) is 0 Å². The average Bonchev–Trinajstić information content (AvgIpc) is 2.60. The van der Waals surface area contributed by atoms with Crippen LogP contribution >= 0.6 is 0 Å². The van der Waals surface area contributed by atoms with Crippen molar-refractivity contribution in [3.05, 3.63) is 0 Å². The molecule has 0 aromatic heterocycles. The van der Waals surface area contributed by atoms with Gasteiger partial charge in [0.25, 0.3) is 0 Å². The first-order valence-electron chi connectivity index (χ1n) is 5.27. The first kappa shape index (κ1) is 13.4. The third kappa shape index (κ3) is 3.40. The molecule has 1 rings (SSSR count). The number of carboxylic acid groups (broad SMARTS) is 1. The van der Waals surface area contributed by atoms with E-state index in [0.29, 0.717) is 0 Å². The molecule has 0 radical (unpaired) electrons. The molecule has 1 aliphatic heterocycles. The van der Waals surface area contributed by atoms with Gasteiger partial charge in [0.2, 0.25) is 0 Å². The summed E-state index contributed by atoms with van der Waals surface area (Å²) in [6.07, 6.45) is -3.42. The number of ketones is 1. The van der Waals surface area contributed by atoms with Gasteiger partial charge in [-0.3, -0.25) is 14.5 Å². The summed E-state index contributed by atoms with van der Waals surface area (Å²) in [5, 5.41) is 8.78. The zero-order valence-electron chi connectivity index (χ0n) is 9.39. The molecule has 7 heteroatoms. The first-order valence-corrected chi connectivity index (χ1v) is 5.27. The van der Waals surface area contributed by atoms with Crippen molar-refractivity contribution in [1.29, 1.82) is 0 Å². The van der Waals surface area contributed by atoms with Gasteiger partial charge in [0.05, 0.1) is 19.2 Å². The number of carbonyl (C=O) groups excluding carboxylic acids is 2. The monoisotopic (exact) mass is 247 g/mol. The van der Waals surface area contributed by atoms with E-state index in [4.69, 9.17) is 5.11 Å². The van der Waals surface area contributed by atoms with Crippen LogP contribution < -0.4 is 0 Å². The number of likely N-dealkylation sites (tertiary alicyclic amines) is 1. The molecular weight excluding hydrogens is 233 g/mol. The van der Waals surface area contributed by atoms with E-state index in [2.05, 4.69) is 4.74 Å². The number of esters is 1. The average molecular weight is 247 g/mol. The van der Waals surface area contributed by atoms with Crippen molar-refractivity contribution in [1.82, 2.24) is 4.90 Å². The smallest absolute Gasteiger partial charge is 0.408 e. The topological polar surface area (TPSA) is 83.9 Å². The van der Waals surface area contributed by atoms with Crippen molar-refractivity contribution in [2.24, 2.45) is 0 Å². The van der Waals surface area contributed by atoms with E-state index in [1.54, 1.807) is 6.92 Å². The lowest BCUT2D eigenvalue weighted by Crippen LogP contribution is -2.40. The molecular formula is C10H14FNO5. The van der Waals surface area contributed by atoms with E-state index in [9.17, 15) is 18.8 Å². The Kier molecular flexibility index (Phi) is 4.42. The fraction of sp³-hybridized carbons (Fsp3) is 0.700. The molecule has 17 heavy (non-hydrogen) atoms. The van der Waals surface area contributed by atoms with E-state index in [1.807, 2.05) is 0 Å². The van der Waals surface area contributed by atoms with Gasteiger partial charge in [0, 0.05) is 6.42 Å². The third-order valence-electron chi connectivity index (χ3n) is 2.49. The fourth-order valence-electron chi connectivity index (χ4n) is 1.77. The molecule has 96 valence electrons. The number of carbonyl (C=O) groups is 3. The van der Waals surface area contributed by atoms with Crippen molar-refractivity contribution in [3.8, 4) is 0 Å². The molecule has 0 aliphatic carbocycles. The van der Waals surface area contributed by atoms with Gasteiger partial charge in [-0.25, -0.2) is 9.18 Å². The third-order valence-corrected chi connectivity index (χ3v) is 2.49. The molecule has 0 saturated carbocycles. The highest BCUT2D eigenvalue weighted by Gasteiger charge is 2.40. The summed E-state index contributed by atoms with van der Waals surface area (Å²) in [7, 11) is 0. The van der Waals surface area contributed by atoms with Gasteiger partial charge in [-0.2, -0.15) is 0 Å². The zero-order valence-corrected chi connectivity index (χ0v) is 9.39. The molecule has 0 spiro atoms. The van der Waals surface area contributed by atoms with Crippen LogP contribution in [-0.2, 0) is 14.3 Å². The second-order valence-electron chi connectivity index (χ2n) is 3.73. The molecule has 0 aromatic carbocycles. The van der Waals surface area contributed by atoms with Gasteiger partial charge >= 0.3 is 12.1 Å². The summed E-state index contributed by atoms with van der Waals surface area (Å²) >= 11 is 0. The Morgan fingerprint density at radius 3 is 2.65 bits per heavy atom. The minimum absolute atomic E-state index is 0.144. The summed E-state index contributed by atoms with van der Waals surface area (Å²) in [6.45, 7) is 1.42. The minimum Gasteiger partial charge on any atom is -0.466 e. The predicted molar refractivity (Wildman–Crippen MR) is 54.3 cm³/mol. The van der Waals surface area contributed by atoms with Crippen LogP contribution in [0.1, 0.15) is 19.8 Å². The van der Waals surface area contributed by atoms with Crippen LogP contribution in [0.3, 0.4) is 0 Å². The van der Waals surface area contributed by atoms with Gasteiger partial charge < -0.3 is 9.84 Å². The number of rotatable bonds is 4. The molecule has 1 aliphatic rings. The molecule has 0 unspecified atom stereocenters. The highest BCUT2D eigenvalue weighted by atomic mass is 19.1. The van der Waals surface area contributed by atoms with Gasteiger partial charge in [-0.05, 0) is 6.92 Å². The van der Waals surface area contributed by atoms with Crippen LogP contribution in [0.25, 0.3) is 0 Å². The molecule has 0 bridgehead atoms. The van der Waals surface area contributed by atoms with Gasteiger partial charge in [0.1, 0.15) is 12.6 Å². The number of halogens is 1. The maximum Gasteiger partial charge on any atom is 0.408 e. The normalized spacial score (nSPS) is 23.5. The molecule has 1 amide bonds. The molecule has 0 aromatic rings. The maximum absolute atomic E-state index is 13.1. The minimum atomic E-state index is -1.36. The van der Waals surface area contributed by atoms with Crippen LogP contribution in [0.15, 0.2) is 0 Å². The van der Waals surface area contributed by atoms with E-state index in [0.717, 1.165) is 4.90 Å². The predicted octanol–water partition coefficient (Wildman–Crippen LogP) is 0.599. The Hall–Kier alpha value is -1.66. The lowest BCUT2D eigenvalue weighted by Gasteiger charge is -2.19. The lowest BCUT2D eigenvalue weighted by atomic mass is 10.1. The zero-order chi connectivity index (χ0) is 13.0. The number of nitrogens with zero attached hydrogens (tertiary/aromatic N) is 1. The Morgan fingerprint density at radius 1 is 1.47 bits per heavy atom. The number of ether oxygens (including phenoxy) is 1. The summed E-state index contributed by atoms with van der Waals surface area (Å²) in [5.74, 6) is -1.34. The highest BCUT2D eigenvalue weighted by molar-refractivity contribution is 5.99. The molecule has 1 heterocycles. The summed E-state index contributed by atoms with van der Waals surface area (Å²) in [6, 6.07) is -1.08. The van der Waals surface area contributed by atoms with E-state index < -0.39 is 36.5 Å². The van der Waals surface area contributed by atoms with Crippen molar-refractivity contribution in [2.75, 3.05) is 13.2 Å². The van der Waals surface area contributed by atoms with Crippen molar-refractivity contribution in [3.63, 3.8) is 0 Å². The SMILES string of the molecule is CCOC(=O)CC(=O)[C@@H]1C[C@@H](F)CN1C(=O)O. The first-order chi connectivity index (χ1) is 7.95. The van der Waals surface area contributed by atoms with Crippen LogP contribution in [0.2, 0.25) is 0 Å². The molecule has 1 N–H and O–H groups in total. The quantitative estimate of drug-likeness (QED) is 0.581. The van der Waals surface area contributed by atoms with Crippen LogP contribution in [0.5, 0.6) is 0 Å². The fourth-order valence-corrected chi connectivity index (χ4v) is 1.77. The van der Waals surface area contributed by atoms with Crippen LogP contribution in [0.4, 0.5) is 9.18 Å². The largest absolute Gasteiger partial charge is 0.466 e. The van der Waals surface area contributed by atoms with Gasteiger partial charge in [0.15, 0.2) is 5.78 Å². The lowest BCUT2D eigenvalue weighted by molar-refractivity contribution is -0.146. The van der Waals surface area contributed by atoms with Gasteiger partial charge in [-0.15, -0.1) is 0 Å². The number of Topliss-reactive ketones (excluding diaryl/α,β-unsaturated/α-hetero) is 1. The molecule has 1 fully saturated rings. The second kappa shape index (κ2) is 5.60. The Balaban J connectivity index is 2.61. The van der Waals surface area contributed by atoms with Crippen LogP contribution in [0, 0.1) is 0 Å². The molecule has 2 atom stereocenters. The van der Waals surface area contributed by atoms with Crippen LogP contribution in [-0.4, -0.2) is 53.2 Å². The van der Waals surface area contributed by atoms with E-state index >= 15 is 0 Å². The second-order valence-corrected chi connectivity index (χ2v) is 3.73. The number of hydrogen-bond acceptors (Lipinski definition) is 4. The number of hydrogen-bond donors (Lipinski definition) is 1. The van der Waals surface area contributed by atoms with Gasteiger partial charge in [-0.1, -0.05) is 0 Å². The number of alkyl halides is 1. The Labute approximate surface area is 97.3 Å². The Bertz CT molecular complexity index is 333. The van der Waals surface area contributed by atoms with E-state index in [-0.39, 0.29) is 19.6 Å². The maximum atomic E-state index is 13.1. The van der Waals surface area contributed by atoms with Crippen molar-refractivity contribution in [2.45, 2.75) is 32.0 Å². The molecule has 6 nitrogen and oxygen atoms in total. The highest BCUT2D eigenvalue weighted by Crippen LogP contribution is 2.22. The standard InChI is InChI=1S/C10H14FNO5/c1-2-17-9(14)4-8(13)7-3-6(11)5-12(7)10(15)16/h6-7H,2-5H2,1H3,(H,15,16)/t6-,7+/m1/s1. The van der Waals surface area contributed by atoms with Crippen molar-refractivity contribution < 1.29 is 28.6 Å². The molecule has 1 saturated heterocycles. The Morgan fingerprint density at radius 2 is 2.12 bits per heavy atom. The summed E-state index contributed by atoms with van der Waals surface area (Å²) < 4.78 is 17.6. The van der Waals surface area contributed by atoms with Crippen molar-refractivity contribution >= 4 is 17.8 Å². The summed E-state index contributed by atoms with van der Waals surface area (Å²) in [5.41, 5.74) is 0.